The largest absolute Gasteiger partial charge is 0.467 e. The van der Waals surface area contributed by atoms with Crippen LogP contribution in [0.2, 0.25) is 0 Å². The smallest absolute Gasteiger partial charge is 0.145 e. The van der Waals surface area contributed by atoms with Gasteiger partial charge in [0.2, 0.25) is 0 Å². The minimum absolute atomic E-state index is 0.333. The maximum Gasteiger partial charge on any atom is 0.145 e. The minimum Gasteiger partial charge on any atom is -0.467 e. The van der Waals surface area contributed by atoms with Gasteiger partial charge in [-0.05, 0) is 18.4 Å². The summed E-state index contributed by atoms with van der Waals surface area (Å²) < 4.78 is 5.10. The molecule has 2 heterocycles. The molecule has 0 fully saturated rings. The topological polar surface area (TPSA) is 71.2 Å². The van der Waals surface area contributed by atoms with Crippen molar-refractivity contribution in [2.75, 3.05) is 18.1 Å². The molecule has 0 spiro atoms. The van der Waals surface area contributed by atoms with E-state index in [4.69, 9.17) is 4.42 Å². The van der Waals surface area contributed by atoms with Crippen LogP contribution in [0.15, 0.2) is 40.2 Å². The maximum atomic E-state index is 9.79. The van der Waals surface area contributed by atoms with E-state index in [1.807, 2.05) is 6.26 Å². The molecule has 2 N–H and O–H groups in total. The lowest BCUT2D eigenvalue weighted by Crippen LogP contribution is -2.12. The SMILES string of the molecule is CSc1cncc(NCC(O)c2ccco2)n1. The molecule has 2 aromatic rings. The number of hydrogen-bond acceptors (Lipinski definition) is 6. The van der Waals surface area contributed by atoms with Gasteiger partial charge in [0.05, 0.1) is 18.7 Å². The zero-order valence-electron chi connectivity index (χ0n) is 9.33. The predicted octanol–water partition coefficient (Wildman–Crippen LogP) is 1.94. The highest BCUT2D eigenvalue weighted by atomic mass is 32.2. The summed E-state index contributed by atoms with van der Waals surface area (Å²) in [5, 5.41) is 13.6. The van der Waals surface area contributed by atoms with E-state index in [9.17, 15) is 5.11 Å². The molecule has 2 rings (SSSR count). The van der Waals surface area contributed by atoms with E-state index in [1.54, 1.807) is 24.5 Å². The normalized spacial score (nSPS) is 12.4. The number of nitrogens with zero attached hydrogens (tertiary/aromatic N) is 2. The lowest BCUT2D eigenvalue weighted by atomic mass is 10.3. The van der Waals surface area contributed by atoms with Crippen molar-refractivity contribution in [1.29, 1.82) is 0 Å². The number of nitrogens with one attached hydrogen (secondary N) is 1. The van der Waals surface area contributed by atoms with Gasteiger partial charge in [-0.3, -0.25) is 4.98 Å². The van der Waals surface area contributed by atoms with Crippen LogP contribution in [0.1, 0.15) is 11.9 Å². The van der Waals surface area contributed by atoms with Crippen LogP contribution in [0.5, 0.6) is 0 Å². The Hall–Kier alpha value is -1.53. The summed E-state index contributed by atoms with van der Waals surface area (Å²) in [6, 6.07) is 3.48. The average molecular weight is 251 g/mol. The molecular weight excluding hydrogens is 238 g/mol. The van der Waals surface area contributed by atoms with Gasteiger partial charge in [-0.15, -0.1) is 11.8 Å². The van der Waals surface area contributed by atoms with Gasteiger partial charge in [0.25, 0.3) is 0 Å². The first-order valence-corrected chi connectivity index (χ1v) is 6.33. The highest BCUT2D eigenvalue weighted by Crippen LogP contribution is 2.15. The van der Waals surface area contributed by atoms with Crippen molar-refractivity contribution in [3.8, 4) is 0 Å². The summed E-state index contributed by atoms with van der Waals surface area (Å²) in [4.78, 5) is 8.34. The van der Waals surface area contributed by atoms with Crippen molar-refractivity contribution in [2.24, 2.45) is 0 Å². The monoisotopic (exact) mass is 251 g/mol. The fourth-order valence-corrected chi connectivity index (χ4v) is 1.67. The molecule has 5 nitrogen and oxygen atoms in total. The average Bonchev–Trinajstić information content (AvgIpc) is 2.90. The van der Waals surface area contributed by atoms with Crippen LogP contribution in [-0.4, -0.2) is 27.9 Å². The summed E-state index contributed by atoms with van der Waals surface area (Å²) in [5.41, 5.74) is 0. The van der Waals surface area contributed by atoms with E-state index in [2.05, 4.69) is 15.3 Å². The number of rotatable bonds is 5. The Bertz CT molecular complexity index is 461. The van der Waals surface area contributed by atoms with Crippen molar-refractivity contribution in [3.05, 3.63) is 36.5 Å². The van der Waals surface area contributed by atoms with Crippen LogP contribution < -0.4 is 5.32 Å². The summed E-state index contributed by atoms with van der Waals surface area (Å²) >= 11 is 1.52. The van der Waals surface area contributed by atoms with E-state index in [1.165, 1.54) is 18.0 Å². The van der Waals surface area contributed by atoms with Gasteiger partial charge in [-0.25, -0.2) is 4.98 Å². The second kappa shape index (κ2) is 5.70. The second-order valence-electron chi connectivity index (χ2n) is 3.36. The van der Waals surface area contributed by atoms with Gasteiger partial charge in [-0.1, -0.05) is 0 Å². The van der Waals surface area contributed by atoms with Gasteiger partial charge in [0.15, 0.2) is 0 Å². The molecule has 1 atom stereocenters. The van der Waals surface area contributed by atoms with Crippen molar-refractivity contribution < 1.29 is 9.52 Å². The fraction of sp³-hybridized carbons (Fsp3) is 0.273. The Labute approximate surface area is 103 Å². The van der Waals surface area contributed by atoms with E-state index < -0.39 is 6.10 Å². The zero-order valence-corrected chi connectivity index (χ0v) is 10.1. The van der Waals surface area contributed by atoms with E-state index in [-0.39, 0.29) is 0 Å². The van der Waals surface area contributed by atoms with Crippen LogP contribution in [0.3, 0.4) is 0 Å². The van der Waals surface area contributed by atoms with Crippen molar-refractivity contribution in [2.45, 2.75) is 11.1 Å². The summed E-state index contributed by atoms with van der Waals surface area (Å²) in [5.74, 6) is 1.17. The zero-order chi connectivity index (χ0) is 12.1. The Morgan fingerprint density at radius 2 is 2.41 bits per heavy atom. The van der Waals surface area contributed by atoms with Gasteiger partial charge in [0.1, 0.15) is 22.7 Å². The molecule has 0 aliphatic heterocycles. The molecule has 0 saturated heterocycles. The number of aromatic nitrogens is 2. The van der Waals surface area contributed by atoms with E-state index in [0.717, 1.165) is 5.03 Å². The molecule has 0 aliphatic rings. The Morgan fingerprint density at radius 1 is 1.53 bits per heavy atom. The molecule has 2 aromatic heterocycles. The first-order valence-electron chi connectivity index (χ1n) is 5.11. The first kappa shape index (κ1) is 11.9. The van der Waals surface area contributed by atoms with Crippen LogP contribution in [0.4, 0.5) is 5.82 Å². The highest BCUT2D eigenvalue weighted by Gasteiger charge is 2.10. The van der Waals surface area contributed by atoms with Gasteiger partial charge < -0.3 is 14.8 Å². The number of thioether (sulfide) groups is 1. The standard InChI is InChI=1S/C11H13N3O2S/c1-17-11-7-12-6-10(14-11)13-5-8(15)9-3-2-4-16-9/h2-4,6-8,15H,5H2,1H3,(H,13,14). The third kappa shape index (κ3) is 3.21. The van der Waals surface area contributed by atoms with E-state index >= 15 is 0 Å². The van der Waals surface area contributed by atoms with Crippen LogP contribution in [-0.2, 0) is 0 Å². The summed E-state index contributed by atoms with van der Waals surface area (Å²) in [6.07, 6.45) is 6.09. The Kier molecular flexibility index (Phi) is 4.00. The number of aliphatic hydroxyl groups excluding tert-OH is 1. The number of furan rings is 1. The molecule has 0 saturated carbocycles. The molecule has 0 aromatic carbocycles. The molecule has 1 unspecified atom stereocenters. The van der Waals surface area contributed by atoms with Gasteiger partial charge in [0, 0.05) is 6.54 Å². The number of hydrogen-bond donors (Lipinski definition) is 2. The molecule has 6 heteroatoms. The summed E-state index contributed by atoms with van der Waals surface area (Å²) in [7, 11) is 0. The molecular formula is C11H13N3O2S. The fourth-order valence-electron chi connectivity index (χ4n) is 1.31. The minimum atomic E-state index is -0.690. The molecule has 90 valence electrons. The number of anilines is 1. The van der Waals surface area contributed by atoms with Crippen LogP contribution in [0.25, 0.3) is 0 Å². The molecule has 0 aliphatic carbocycles. The molecule has 0 amide bonds. The van der Waals surface area contributed by atoms with E-state index in [0.29, 0.717) is 18.1 Å². The van der Waals surface area contributed by atoms with Crippen molar-refractivity contribution >= 4 is 17.6 Å². The highest BCUT2D eigenvalue weighted by molar-refractivity contribution is 7.98. The summed E-state index contributed by atoms with van der Waals surface area (Å²) in [6.45, 7) is 0.333. The van der Waals surface area contributed by atoms with Crippen LogP contribution >= 0.6 is 11.8 Å². The third-order valence-electron chi connectivity index (χ3n) is 2.17. The van der Waals surface area contributed by atoms with Gasteiger partial charge >= 0.3 is 0 Å². The predicted molar refractivity (Wildman–Crippen MR) is 66.0 cm³/mol. The second-order valence-corrected chi connectivity index (χ2v) is 4.19. The molecule has 0 radical (unpaired) electrons. The number of aliphatic hydroxyl groups is 1. The quantitative estimate of drug-likeness (QED) is 0.791. The lowest BCUT2D eigenvalue weighted by Gasteiger charge is -2.09. The van der Waals surface area contributed by atoms with Crippen LogP contribution in [0, 0.1) is 0 Å². The Morgan fingerprint density at radius 3 is 3.12 bits per heavy atom. The Balaban J connectivity index is 1.93. The van der Waals surface area contributed by atoms with Crippen molar-refractivity contribution in [1.82, 2.24) is 9.97 Å². The molecule has 0 bridgehead atoms. The third-order valence-corrected chi connectivity index (χ3v) is 2.78. The first-order chi connectivity index (χ1) is 8.29. The molecule has 17 heavy (non-hydrogen) atoms. The van der Waals surface area contributed by atoms with Crippen molar-refractivity contribution in [3.63, 3.8) is 0 Å². The van der Waals surface area contributed by atoms with Gasteiger partial charge in [-0.2, -0.15) is 0 Å². The lowest BCUT2D eigenvalue weighted by molar-refractivity contribution is 0.162. The maximum absolute atomic E-state index is 9.79.